The van der Waals surface area contributed by atoms with Gasteiger partial charge < -0.3 is 20.1 Å². The fraction of sp³-hybridized carbons (Fsp3) is 0.727. The number of methoxy groups -OCH3 is 2. The molecule has 0 aromatic heterocycles. The molecule has 0 spiro atoms. The number of nitrogens with zero attached hydrogens (tertiary/aromatic N) is 1. The quantitative estimate of drug-likeness (QED) is 0.729. The van der Waals surface area contributed by atoms with Crippen LogP contribution in [0.3, 0.4) is 0 Å². The van der Waals surface area contributed by atoms with Crippen LogP contribution in [0.15, 0.2) is 18.2 Å². The van der Waals surface area contributed by atoms with E-state index in [1.807, 2.05) is 47.6 Å². The van der Waals surface area contributed by atoms with E-state index in [0.29, 0.717) is 0 Å². The maximum Gasteiger partial charge on any atom is 0.160 e. The van der Waals surface area contributed by atoms with Crippen LogP contribution in [0.1, 0.15) is 66.4 Å². The van der Waals surface area contributed by atoms with Gasteiger partial charge in [-0.15, -0.1) is 0 Å². The predicted octanol–water partition coefficient (Wildman–Crippen LogP) is 5.39. The third-order valence-corrected chi connectivity index (χ3v) is 3.59. The Balaban J connectivity index is -0.000000585. The number of rotatable bonds is 6. The number of likely N-dealkylation sites (tertiary alicyclic amines) is 1. The smallest absolute Gasteiger partial charge is 0.160 e. The molecule has 4 heteroatoms. The summed E-state index contributed by atoms with van der Waals surface area (Å²) < 4.78 is 10.6. The Morgan fingerprint density at radius 2 is 1.35 bits per heavy atom. The van der Waals surface area contributed by atoms with Crippen LogP contribution in [0.2, 0.25) is 0 Å². The molecule has 0 atom stereocenters. The van der Waals surface area contributed by atoms with Crippen LogP contribution in [0.25, 0.3) is 0 Å². The molecule has 1 aromatic carbocycles. The predicted molar refractivity (Wildman–Crippen MR) is 118 cm³/mol. The van der Waals surface area contributed by atoms with E-state index < -0.39 is 0 Å². The van der Waals surface area contributed by atoms with Crippen LogP contribution in [-0.4, -0.2) is 45.8 Å². The summed E-state index contributed by atoms with van der Waals surface area (Å²) >= 11 is 0. The highest BCUT2D eigenvalue weighted by Crippen LogP contribution is 2.28. The first-order chi connectivity index (χ1) is 12.8. The summed E-state index contributed by atoms with van der Waals surface area (Å²) in [5, 5.41) is 0. The minimum atomic E-state index is 0.806. The number of hydrogen-bond donors (Lipinski definition) is 1. The lowest BCUT2D eigenvalue weighted by Gasteiger charge is -2.14. The van der Waals surface area contributed by atoms with Crippen molar-refractivity contribution in [2.75, 3.05) is 40.9 Å². The zero-order chi connectivity index (χ0) is 20.8. The van der Waals surface area contributed by atoms with Crippen LogP contribution in [0, 0.1) is 0 Å². The molecular weight excluding hydrogens is 324 g/mol. The molecule has 0 amide bonds. The molecule has 1 saturated heterocycles. The van der Waals surface area contributed by atoms with Gasteiger partial charge in [0.05, 0.1) is 14.2 Å². The third kappa shape index (κ3) is 13.0. The first-order valence-corrected chi connectivity index (χ1v) is 10.3. The van der Waals surface area contributed by atoms with Gasteiger partial charge in [-0.25, -0.2) is 0 Å². The van der Waals surface area contributed by atoms with Crippen molar-refractivity contribution in [3.63, 3.8) is 0 Å². The lowest BCUT2D eigenvalue weighted by atomic mass is 10.1. The molecule has 1 heterocycles. The first kappa shape index (κ1) is 29.5. The van der Waals surface area contributed by atoms with E-state index >= 15 is 0 Å². The third-order valence-electron chi connectivity index (χ3n) is 3.59. The monoisotopic (exact) mass is 370 g/mol. The Hall–Kier alpha value is -1.26. The zero-order valence-corrected chi connectivity index (χ0v) is 19.0. The number of benzene rings is 1. The topological polar surface area (TPSA) is 47.7 Å². The molecule has 2 N–H and O–H groups in total. The lowest BCUT2D eigenvalue weighted by Crippen LogP contribution is -2.20. The first-order valence-electron chi connectivity index (χ1n) is 10.3. The largest absolute Gasteiger partial charge is 0.493 e. The Kier molecular flexibility index (Phi) is 26.9. The van der Waals surface area contributed by atoms with Gasteiger partial charge in [0, 0.05) is 0 Å². The van der Waals surface area contributed by atoms with Crippen molar-refractivity contribution in [1.29, 1.82) is 0 Å². The van der Waals surface area contributed by atoms with Gasteiger partial charge in [0.25, 0.3) is 0 Å². The normalized spacial score (nSPS) is 11.9. The summed E-state index contributed by atoms with van der Waals surface area (Å²) in [4.78, 5) is 2.56. The second-order valence-electron chi connectivity index (χ2n) is 4.84. The van der Waals surface area contributed by atoms with Gasteiger partial charge >= 0.3 is 0 Å². The van der Waals surface area contributed by atoms with E-state index in [4.69, 9.17) is 9.47 Å². The number of aryl methyl sites for hydroxylation is 1. The van der Waals surface area contributed by atoms with Crippen molar-refractivity contribution >= 4 is 0 Å². The highest BCUT2D eigenvalue weighted by Gasteiger charge is 2.11. The van der Waals surface area contributed by atoms with Crippen molar-refractivity contribution in [2.45, 2.75) is 67.2 Å². The van der Waals surface area contributed by atoms with E-state index in [0.717, 1.165) is 17.9 Å². The lowest BCUT2D eigenvalue weighted by molar-refractivity contribution is 0.333. The van der Waals surface area contributed by atoms with Gasteiger partial charge in [0.2, 0.25) is 0 Å². The summed E-state index contributed by atoms with van der Waals surface area (Å²) in [6, 6.07) is 6.21. The zero-order valence-electron chi connectivity index (χ0n) is 19.0. The second kappa shape index (κ2) is 23.7. The molecule has 1 aromatic rings. The number of hydrogen-bond acceptors (Lipinski definition) is 4. The standard InChI is InChI=1S/C15H23NO2.3C2H6.CH5N/c1-17-14-8-7-13(12-15(14)18-2)6-5-11-16-9-3-4-10-16;4*1-2/h7-8,12H,3-6,9-11H2,1-2H3;3*1-2H3;2H2,1H3. The molecule has 4 nitrogen and oxygen atoms in total. The van der Waals surface area contributed by atoms with Crippen LogP contribution >= 0.6 is 0 Å². The van der Waals surface area contributed by atoms with Crippen LogP contribution in [-0.2, 0) is 6.42 Å². The second-order valence-corrected chi connectivity index (χ2v) is 4.84. The molecule has 156 valence electrons. The van der Waals surface area contributed by atoms with E-state index in [-0.39, 0.29) is 0 Å². The van der Waals surface area contributed by atoms with Crippen molar-refractivity contribution in [2.24, 2.45) is 5.73 Å². The fourth-order valence-electron chi connectivity index (χ4n) is 2.55. The fourth-order valence-corrected chi connectivity index (χ4v) is 2.55. The highest BCUT2D eigenvalue weighted by atomic mass is 16.5. The molecule has 26 heavy (non-hydrogen) atoms. The van der Waals surface area contributed by atoms with Gasteiger partial charge in [-0.3, -0.25) is 0 Å². The maximum absolute atomic E-state index is 5.32. The molecule has 2 rings (SSSR count). The summed E-state index contributed by atoms with van der Waals surface area (Å²) in [5.41, 5.74) is 5.83. The van der Waals surface area contributed by atoms with Crippen molar-refractivity contribution in [3.8, 4) is 11.5 Å². The van der Waals surface area contributed by atoms with Crippen LogP contribution < -0.4 is 15.2 Å². The SMILES string of the molecule is CC.CC.CC.CN.COc1ccc(CCCN2CCCC2)cc1OC. The van der Waals surface area contributed by atoms with Gasteiger partial charge in [-0.1, -0.05) is 47.6 Å². The number of ether oxygens (including phenoxy) is 2. The van der Waals surface area contributed by atoms with Crippen molar-refractivity contribution in [3.05, 3.63) is 23.8 Å². The maximum atomic E-state index is 5.32. The van der Waals surface area contributed by atoms with Gasteiger partial charge in [0.15, 0.2) is 11.5 Å². The highest BCUT2D eigenvalue weighted by molar-refractivity contribution is 5.42. The van der Waals surface area contributed by atoms with E-state index in [1.165, 1.54) is 51.5 Å². The molecule has 1 aliphatic rings. The average molecular weight is 371 g/mol. The van der Waals surface area contributed by atoms with Crippen molar-refractivity contribution < 1.29 is 9.47 Å². The van der Waals surface area contributed by atoms with Gasteiger partial charge in [-0.2, -0.15) is 0 Å². The molecule has 0 saturated carbocycles. The van der Waals surface area contributed by atoms with Crippen LogP contribution in [0.5, 0.6) is 11.5 Å². The van der Waals surface area contributed by atoms with Gasteiger partial charge in [-0.05, 0) is 70.1 Å². The summed E-state index contributed by atoms with van der Waals surface area (Å²) in [5.74, 6) is 1.64. The summed E-state index contributed by atoms with van der Waals surface area (Å²) in [6.45, 7) is 15.8. The summed E-state index contributed by atoms with van der Waals surface area (Å²) in [7, 11) is 4.86. The molecule has 0 unspecified atom stereocenters. The molecule has 0 radical (unpaired) electrons. The van der Waals surface area contributed by atoms with E-state index in [2.05, 4.69) is 22.8 Å². The molecule has 0 aliphatic carbocycles. The Bertz CT molecular complexity index is 378. The van der Waals surface area contributed by atoms with Gasteiger partial charge in [0.1, 0.15) is 0 Å². The number of nitrogens with two attached hydrogens (primary N) is 1. The Morgan fingerprint density at radius 1 is 0.846 bits per heavy atom. The average Bonchev–Trinajstić information content (AvgIpc) is 3.27. The molecule has 1 fully saturated rings. The Labute approximate surface area is 164 Å². The minimum absolute atomic E-state index is 0.806. The summed E-state index contributed by atoms with van der Waals surface area (Å²) in [6.07, 6.45) is 5.07. The van der Waals surface area contributed by atoms with E-state index in [1.54, 1.807) is 14.2 Å². The molecular formula is C22H46N2O2. The minimum Gasteiger partial charge on any atom is -0.493 e. The van der Waals surface area contributed by atoms with Crippen molar-refractivity contribution in [1.82, 2.24) is 4.90 Å². The molecule has 1 aliphatic heterocycles. The molecule has 0 bridgehead atoms. The van der Waals surface area contributed by atoms with E-state index in [9.17, 15) is 0 Å². The Morgan fingerprint density at radius 3 is 1.81 bits per heavy atom. The van der Waals surface area contributed by atoms with Crippen LogP contribution in [0.4, 0.5) is 0 Å².